The molecule has 0 amide bonds. The molecule has 0 aromatic carbocycles. The van der Waals surface area contributed by atoms with Crippen LogP contribution < -0.4 is 0 Å². The highest BCUT2D eigenvalue weighted by Gasteiger charge is 2.45. The molecule has 212 valence electrons. The zero-order valence-corrected chi connectivity index (χ0v) is 24.9. The van der Waals surface area contributed by atoms with Gasteiger partial charge in [-0.3, -0.25) is 0 Å². The summed E-state index contributed by atoms with van der Waals surface area (Å²) in [5, 5.41) is 20.1. The van der Waals surface area contributed by atoms with E-state index in [1.165, 1.54) is 0 Å². The average molecular weight is 555 g/mol. The van der Waals surface area contributed by atoms with Gasteiger partial charge < -0.3 is 42.5 Å². The third-order valence-electron chi connectivity index (χ3n) is 7.97. The molecule has 0 radical (unpaired) electrons. The lowest BCUT2D eigenvalue weighted by Gasteiger charge is -2.32. The van der Waals surface area contributed by atoms with Crippen molar-refractivity contribution in [2.45, 2.75) is 96.5 Å². The largest absolute Gasteiger partial charge is 0.394 e. The molecule has 9 nitrogen and oxygen atoms in total. The Bertz CT molecular complexity index is 825. The lowest BCUT2D eigenvalue weighted by molar-refractivity contribution is -0.0244. The van der Waals surface area contributed by atoms with E-state index in [1.807, 2.05) is 47.9 Å². The normalized spacial score (nSPS) is 46.6. The molecule has 0 bridgehead atoms. The quantitative estimate of drug-likeness (QED) is 0.373. The summed E-state index contributed by atoms with van der Waals surface area (Å²) >= 11 is 0. The van der Waals surface area contributed by atoms with Crippen molar-refractivity contribution < 1.29 is 42.5 Å². The summed E-state index contributed by atoms with van der Waals surface area (Å²) in [6.07, 6.45) is 6.15. The van der Waals surface area contributed by atoms with Crippen molar-refractivity contribution in [3.05, 3.63) is 0 Å². The van der Waals surface area contributed by atoms with E-state index >= 15 is 0 Å². The van der Waals surface area contributed by atoms with Crippen molar-refractivity contribution in [2.75, 3.05) is 33.2 Å². The number of rotatable bonds is 11. The Morgan fingerprint density at radius 1 is 0.667 bits per heavy atom. The average Bonchev–Trinajstić information content (AvgIpc) is 3.33. The second kappa shape index (κ2) is 12.2. The van der Waals surface area contributed by atoms with Crippen LogP contribution in [0.15, 0.2) is 0 Å². The molecule has 0 spiro atoms. The van der Waals surface area contributed by atoms with Gasteiger partial charge in [0.15, 0.2) is 0 Å². The van der Waals surface area contributed by atoms with Crippen LogP contribution in [-0.4, -0.2) is 111 Å². The van der Waals surface area contributed by atoms with Crippen LogP contribution >= 0.6 is 14.7 Å². The van der Waals surface area contributed by atoms with Gasteiger partial charge in [-0.1, -0.05) is 33.4 Å². The molecule has 11 heteroatoms. The minimum atomic E-state index is -2.49. The Labute approximate surface area is 217 Å². The van der Waals surface area contributed by atoms with Crippen LogP contribution in [0.4, 0.5) is 0 Å². The molecule has 3 saturated heterocycles. The molecule has 0 saturated carbocycles. The third kappa shape index (κ3) is 7.25. The van der Waals surface area contributed by atoms with Crippen molar-refractivity contribution in [1.82, 2.24) is 0 Å². The Morgan fingerprint density at radius 3 is 1.50 bits per heavy atom. The Kier molecular flexibility index (Phi) is 10.4. The fraction of sp³-hybridized carbons (Fsp3) is 0.920. The summed E-state index contributed by atoms with van der Waals surface area (Å²) < 4.78 is 42.9. The van der Waals surface area contributed by atoms with Crippen molar-refractivity contribution >= 4 is 27.3 Å². The van der Waals surface area contributed by atoms with Gasteiger partial charge in [0.2, 0.25) is 0 Å². The van der Waals surface area contributed by atoms with Crippen LogP contribution in [0.5, 0.6) is 0 Å². The van der Waals surface area contributed by atoms with Gasteiger partial charge in [0.25, 0.3) is 0 Å². The van der Waals surface area contributed by atoms with Gasteiger partial charge in [-0.05, 0) is 20.8 Å². The molecule has 3 fully saturated rings. The Hall–Kier alpha value is 0.240. The molecular formula is C25H48O9P2. The smallest absolute Gasteiger partial charge is 0.115 e. The monoisotopic (exact) mass is 554 g/mol. The third-order valence-corrected chi connectivity index (χ3v) is 10.7. The highest BCUT2D eigenvalue weighted by molar-refractivity contribution is 7.64. The predicted octanol–water partition coefficient (Wildman–Crippen LogP) is 3.23. The first-order chi connectivity index (χ1) is 16.7. The molecule has 3 rings (SSSR count). The lowest BCUT2D eigenvalue weighted by atomic mass is 10.00. The molecule has 2 N–H and O–H groups in total. The molecule has 3 aliphatic rings. The zero-order valence-electron chi connectivity index (χ0n) is 23.1. The summed E-state index contributed by atoms with van der Waals surface area (Å²) in [6, 6.07) is 0. The fourth-order valence-electron chi connectivity index (χ4n) is 5.05. The molecule has 3 aliphatic heterocycles. The van der Waals surface area contributed by atoms with Crippen LogP contribution in [-0.2, 0) is 32.3 Å². The van der Waals surface area contributed by atoms with E-state index in [1.54, 1.807) is 0 Å². The highest BCUT2D eigenvalue weighted by Crippen LogP contribution is 2.51. The Balaban J connectivity index is 1.57. The highest BCUT2D eigenvalue weighted by atomic mass is 31.2. The molecule has 0 aromatic heterocycles. The summed E-state index contributed by atoms with van der Waals surface area (Å²) in [6.45, 7) is 16.2. The van der Waals surface area contributed by atoms with E-state index < -0.39 is 26.9 Å². The maximum atomic E-state index is 10.4. The van der Waals surface area contributed by atoms with Gasteiger partial charge in [-0.2, -0.15) is 0 Å². The van der Waals surface area contributed by atoms with E-state index in [9.17, 15) is 10.2 Å². The first kappa shape index (κ1) is 30.8. The summed E-state index contributed by atoms with van der Waals surface area (Å²) in [5.41, 5.74) is 0. The molecule has 36 heavy (non-hydrogen) atoms. The number of aliphatic hydroxyl groups excluding tert-OH is 2. The van der Waals surface area contributed by atoms with Crippen LogP contribution in [0.25, 0.3) is 0 Å². The maximum absolute atomic E-state index is 10.4. The van der Waals surface area contributed by atoms with Gasteiger partial charge in [-0.15, -0.1) is 0 Å². The zero-order chi connectivity index (χ0) is 27.0. The van der Waals surface area contributed by atoms with Crippen molar-refractivity contribution in [3.63, 3.8) is 0 Å². The van der Waals surface area contributed by atoms with Crippen LogP contribution in [0, 0.1) is 17.8 Å². The second-order valence-corrected chi connectivity index (χ2v) is 16.1. The first-order valence-corrected chi connectivity index (χ1v) is 17.5. The summed E-state index contributed by atoms with van der Waals surface area (Å²) in [5.74, 6) is 0.277. The summed E-state index contributed by atoms with van der Waals surface area (Å²) in [7, 11) is -4.97. The van der Waals surface area contributed by atoms with Crippen molar-refractivity contribution in [3.8, 4) is 0 Å². The predicted molar refractivity (Wildman–Crippen MR) is 145 cm³/mol. The summed E-state index contributed by atoms with van der Waals surface area (Å²) in [4.78, 5) is 0. The van der Waals surface area contributed by atoms with E-state index in [0.717, 1.165) is 0 Å². The molecule has 0 aliphatic carbocycles. The van der Waals surface area contributed by atoms with Crippen LogP contribution in [0.1, 0.15) is 41.5 Å². The van der Waals surface area contributed by atoms with E-state index in [2.05, 4.69) is 19.5 Å². The van der Waals surface area contributed by atoms with Crippen LogP contribution in [0.3, 0.4) is 0 Å². The van der Waals surface area contributed by atoms with E-state index in [4.69, 9.17) is 32.3 Å². The van der Waals surface area contributed by atoms with Gasteiger partial charge in [0.05, 0.1) is 56.4 Å². The van der Waals surface area contributed by atoms with Crippen molar-refractivity contribution in [1.29, 1.82) is 0 Å². The SMILES string of the molecule is C=P(C)(OCC1OC(C)C(C)[C@@H]1OP(=C)(C)OCC1OC(C)C(C)[C@@H]1O)OC1C(CO)OC(C)C1C. The van der Waals surface area contributed by atoms with Crippen molar-refractivity contribution in [2.24, 2.45) is 17.8 Å². The van der Waals surface area contributed by atoms with E-state index in [-0.39, 0.29) is 80.3 Å². The molecule has 3 heterocycles. The standard InChI is InChI=1S/C25H48O9P2/c1-14-17(4)31-21(23(14)27)12-28-35(7,8)34-25-16(3)19(6)32-22(25)13-29-36(9,10)33-24-15(2)18(5)30-20(24)11-26/h14-27H,7,9,11-13H2,1-6,8,10H3/t14?,15?,16?,17?,18?,19?,20?,21?,22?,23-,24?,25-,35?,36?/m0/s1. The maximum Gasteiger partial charge on any atom is 0.115 e. The minimum absolute atomic E-state index is 0.00865. The molecule has 14 atom stereocenters. The van der Waals surface area contributed by atoms with Gasteiger partial charge in [0.1, 0.15) is 33.0 Å². The Morgan fingerprint density at radius 2 is 1.06 bits per heavy atom. The second-order valence-electron chi connectivity index (χ2n) is 11.1. The van der Waals surface area contributed by atoms with Gasteiger partial charge >= 0.3 is 0 Å². The minimum Gasteiger partial charge on any atom is -0.394 e. The fourth-order valence-corrected chi connectivity index (χ4v) is 7.78. The molecular weight excluding hydrogens is 506 g/mol. The number of hydrogen-bond donors (Lipinski definition) is 2. The van der Waals surface area contributed by atoms with Gasteiger partial charge in [0, 0.05) is 31.1 Å². The number of aliphatic hydroxyl groups is 2. The number of ether oxygens (including phenoxy) is 3. The molecule has 12 unspecified atom stereocenters. The van der Waals surface area contributed by atoms with Crippen LogP contribution in [0.2, 0.25) is 0 Å². The molecule has 0 aromatic rings. The number of hydrogen-bond acceptors (Lipinski definition) is 9. The lowest BCUT2D eigenvalue weighted by Crippen LogP contribution is -2.34. The first-order valence-electron chi connectivity index (χ1n) is 13.0. The topological polar surface area (TPSA) is 105 Å². The van der Waals surface area contributed by atoms with Gasteiger partial charge in [-0.25, -0.2) is 0 Å². The van der Waals surface area contributed by atoms with E-state index in [0.29, 0.717) is 0 Å².